The van der Waals surface area contributed by atoms with Crippen molar-refractivity contribution in [2.45, 2.75) is 80.6 Å². The first-order valence-electron chi connectivity index (χ1n) is 10.7. The summed E-state index contributed by atoms with van der Waals surface area (Å²) in [6.07, 6.45) is 13.1. The van der Waals surface area contributed by atoms with Crippen LogP contribution in [0.25, 0.3) is 0 Å². The molecule has 1 amide bonds. The second-order valence-electron chi connectivity index (χ2n) is 6.16. The first kappa shape index (κ1) is 31.3. The molecule has 4 nitrogen and oxygen atoms in total. The van der Waals surface area contributed by atoms with Crippen molar-refractivity contribution in [3.05, 3.63) is 60.9 Å². The molecule has 0 aromatic heterocycles. The van der Waals surface area contributed by atoms with Gasteiger partial charge >= 0.3 is 0 Å². The fourth-order valence-corrected chi connectivity index (χ4v) is 2.31. The van der Waals surface area contributed by atoms with Gasteiger partial charge in [-0.3, -0.25) is 4.79 Å². The van der Waals surface area contributed by atoms with Gasteiger partial charge in [-0.05, 0) is 45.6 Å². The fourth-order valence-electron chi connectivity index (χ4n) is 2.31. The van der Waals surface area contributed by atoms with E-state index in [4.69, 9.17) is 5.73 Å². The summed E-state index contributed by atoms with van der Waals surface area (Å²) in [7, 11) is 0. The fraction of sp³-hybridized carbons (Fsp3) is 0.520. The molecule has 0 bridgehead atoms. The summed E-state index contributed by atoms with van der Waals surface area (Å²) in [5, 5.41) is 3.99. The van der Waals surface area contributed by atoms with Crippen molar-refractivity contribution < 1.29 is 4.79 Å². The molecule has 166 valence electrons. The van der Waals surface area contributed by atoms with Gasteiger partial charge in [-0.25, -0.2) is 5.43 Å². The summed E-state index contributed by atoms with van der Waals surface area (Å²) in [6.45, 7) is 23.8. The Hall–Kier alpha value is -2.36. The Balaban J connectivity index is -0.000000407. The molecule has 0 radical (unpaired) electrons. The third-order valence-electron chi connectivity index (χ3n) is 4.05. The third kappa shape index (κ3) is 16.3. The predicted molar refractivity (Wildman–Crippen MR) is 132 cm³/mol. The summed E-state index contributed by atoms with van der Waals surface area (Å²) < 4.78 is 0. The van der Waals surface area contributed by atoms with Crippen LogP contribution in [0.5, 0.6) is 0 Å². The quantitative estimate of drug-likeness (QED) is 0.400. The zero-order valence-electron chi connectivity index (χ0n) is 20.0. The third-order valence-corrected chi connectivity index (χ3v) is 4.05. The molecule has 29 heavy (non-hydrogen) atoms. The van der Waals surface area contributed by atoms with E-state index in [1.807, 2.05) is 59.8 Å². The molecule has 1 unspecified atom stereocenters. The molecule has 0 saturated carbocycles. The molecular formula is C25H45N3O. The SMILES string of the molecule is C=C.C=C/C(C)=C\C=C\C1=NNC(=O)CC1C.CC.CC.CC1=C(N)CCCC1. The number of rotatable bonds is 3. The number of nitrogens with zero attached hydrogens (tertiary/aromatic N) is 1. The smallest absolute Gasteiger partial charge is 0.240 e. The summed E-state index contributed by atoms with van der Waals surface area (Å²) in [6, 6.07) is 0. The van der Waals surface area contributed by atoms with Gasteiger partial charge in [-0.1, -0.05) is 70.6 Å². The summed E-state index contributed by atoms with van der Waals surface area (Å²) >= 11 is 0. The van der Waals surface area contributed by atoms with Gasteiger partial charge in [0.05, 0.1) is 5.71 Å². The van der Waals surface area contributed by atoms with Gasteiger partial charge in [0.25, 0.3) is 0 Å². The lowest BCUT2D eigenvalue weighted by atomic mass is 9.98. The summed E-state index contributed by atoms with van der Waals surface area (Å²) in [4.78, 5) is 11.0. The maximum absolute atomic E-state index is 11.0. The van der Waals surface area contributed by atoms with Crippen LogP contribution in [0.4, 0.5) is 0 Å². The Morgan fingerprint density at radius 2 is 1.72 bits per heavy atom. The van der Waals surface area contributed by atoms with E-state index in [2.05, 4.69) is 37.2 Å². The molecule has 1 atom stereocenters. The molecule has 1 aliphatic carbocycles. The number of nitrogens with two attached hydrogens (primary N) is 1. The van der Waals surface area contributed by atoms with Crippen molar-refractivity contribution in [3.8, 4) is 0 Å². The number of hydrogen-bond acceptors (Lipinski definition) is 3. The first-order valence-corrected chi connectivity index (χ1v) is 10.7. The Morgan fingerprint density at radius 1 is 1.17 bits per heavy atom. The van der Waals surface area contributed by atoms with Crippen LogP contribution in [0.2, 0.25) is 0 Å². The van der Waals surface area contributed by atoms with Gasteiger partial charge in [0.15, 0.2) is 0 Å². The Morgan fingerprint density at radius 3 is 2.14 bits per heavy atom. The van der Waals surface area contributed by atoms with Gasteiger partial charge in [-0.2, -0.15) is 5.10 Å². The van der Waals surface area contributed by atoms with Crippen LogP contribution < -0.4 is 11.2 Å². The minimum absolute atomic E-state index is 0.0162. The molecule has 2 aliphatic rings. The van der Waals surface area contributed by atoms with Gasteiger partial charge in [0.2, 0.25) is 5.91 Å². The van der Waals surface area contributed by atoms with Crippen molar-refractivity contribution >= 4 is 11.6 Å². The van der Waals surface area contributed by atoms with Gasteiger partial charge in [0.1, 0.15) is 0 Å². The highest BCUT2D eigenvalue weighted by Crippen LogP contribution is 2.19. The van der Waals surface area contributed by atoms with Crippen LogP contribution >= 0.6 is 0 Å². The standard InChI is InChI=1S/C12H16N2O.C7H13N.2C2H6.C2H4/c1-4-9(2)6-5-7-11-10(3)8-12(15)14-13-11;1-6-4-2-3-5-7(6)8;3*1-2/h4-7,10H,1,8H2,2-3H3,(H,14,15);2-5,8H2,1H3;2*1-2H3;1-2H2/b7-5+,9-6-;;;;. The van der Waals surface area contributed by atoms with Gasteiger partial charge in [-0.15, -0.1) is 13.2 Å². The highest BCUT2D eigenvalue weighted by atomic mass is 16.2. The molecule has 1 heterocycles. The maximum atomic E-state index is 11.0. The van der Waals surface area contributed by atoms with Crippen LogP contribution in [0.1, 0.15) is 80.6 Å². The summed E-state index contributed by atoms with van der Waals surface area (Å²) in [5.74, 6) is 0.171. The summed E-state index contributed by atoms with van der Waals surface area (Å²) in [5.41, 5.74) is 12.7. The van der Waals surface area contributed by atoms with Gasteiger partial charge < -0.3 is 5.73 Å². The molecule has 0 spiro atoms. The van der Waals surface area contributed by atoms with Crippen LogP contribution in [0, 0.1) is 5.92 Å². The first-order chi connectivity index (χ1) is 13.9. The zero-order valence-corrected chi connectivity index (χ0v) is 20.0. The monoisotopic (exact) mass is 403 g/mol. The number of carbonyl (C=O) groups is 1. The van der Waals surface area contributed by atoms with Gasteiger partial charge in [0, 0.05) is 18.0 Å². The van der Waals surface area contributed by atoms with Crippen LogP contribution in [0.3, 0.4) is 0 Å². The highest BCUT2D eigenvalue weighted by molar-refractivity contribution is 6.01. The van der Waals surface area contributed by atoms with Crippen molar-refractivity contribution in [1.82, 2.24) is 5.43 Å². The molecule has 0 fully saturated rings. The van der Waals surface area contributed by atoms with Crippen LogP contribution in [-0.2, 0) is 4.79 Å². The molecule has 3 N–H and O–H groups in total. The minimum Gasteiger partial charge on any atom is -0.402 e. The molecule has 2 rings (SSSR count). The lowest BCUT2D eigenvalue weighted by molar-refractivity contribution is -0.121. The van der Waals surface area contributed by atoms with Crippen molar-refractivity contribution in [2.24, 2.45) is 16.8 Å². The van der Waals surface area contributed by atoms with E-state index in [1.54, 1.807) is 6.08 Å². The minimum atomic E-state index is -0.0162. The van der Waals surface area contributed by atoms with E-state index in [0.29, 0.717) is 6.42 Å². The number of nitrogens with one attached hydrogen (secondary N) is 1. The average Bonchev–Trinajstić information content (AvgIpc) is 2.76. The Kier molecular flexibility index (Phi) is 23.7. The van der Waals surface area contributed by atoms with E-state index >= 15 is 0 Å². The molecular weight excluding hydrogens is 358 g/mol. The van der Waals surface area contributed by atoms with Crippen LogP contribution in [0.15, 0.2) is 66.0 Å². The molecule has 0 saturated heterocycles. The number of amides is 1. The number of hydrogen-bond donors (Lipinski definition) is 2. The predicted octanol–water partition coefficient (Wildman–Crippen LogP) is 6.83. The molecule has 0 aromatic rings. The zero-order chi connectivity index (χ0) is 23.2. The second kappa shape index (κ2) is 21.9. The van der Waals surface area contributed by atoms with Crippen LogP contribution in [-0.4, -0.2) is 11.6 Å². The maximum Gasteiger partial charge on any atom is 0.240 e. The largest absolute Gasteiger partial charge is 0.402 e. The average molecular weight is 404 g/mol. The normalized spacial score (nSPS) is 18.2. The lowest BCUT2D eigenvalue weighted by Crippen LogP contribution is -2.30. The second-order valence-corrected chi connectivity index (χ2v) is 6.16. The van der Waals surface area contributed by atoms with E-state index < -0.39 is 0 Å². The number of allylic oxidation sites excluding steroid dienone is 7. The van der Waals surface area contributed by atoms with Crippen molar-refractivity contribution in [1.29, 1.82) is 0 Å². The Bertz CT molecular complexity index is 555. The van der Waals surface area contributed by atoms with Crippen molar-refractivity contribution in [3.63, 3.8) is 0 Å². The number of hydrazone groups is 1. The highest BCUT2D eigenvalue weighted by Gasteiger charge is 2.17. The van der Waals surface area contributed by atoms with E-state index in [1.165, 1.54) is 24.8 Å². The lowest BCUT2D eigenvalue weighted by Gasteiger charge is -2.15. The molecule has 0 aromatic carbocycles. The van der Waals surface area contributed by atoms with E-state index in [0.717, 1.165) is 23.4 Å². The Labute approximate surface area is 180 Å². The molecule has 1 aliphatic heterocycles. The number of carbonyl (C=O) groups excluding carboxylic acids is 1. The topological polar surface area (TPSA) is 67.5 Å². The van der Waals surface area contributed by atoms with Crippen molar-refractivity contribution in [2.75, 3.05) is 0 Å². The molecule has 4 heteroatoms. The van der Waals surface area contributed by atoms with E-state index in [-0.39, 0.29) is 11.8 Å². The van der Waals surface area contributed by atoms with E-state index in [9.17, 15) is 4.79 Å².